The maximum atomic E-state index is 13.6. The Kier molecular flexibility index (Phi) is 9.12. The number of methoxy groups -OCH3 is 1. The molecule has 212 valence electrons. The minimum absolute atomic E-state index is 0.0164. The van der Waals surface area contributed by atoms with Crippen LogP contribution in [-0.2, 0) is 20.8 Å². The number of hydrogen-bond acceptors (Lipinski definition) is 7. The van der Waals surface area contributed by atoms with Crippen LogP contribution in [0, 0.1) is 5.41 Å². The van der Waals surface area contributed by atoms with Gasteiger partial charge < -0.3 is 19.5 Å². The highest BCUT2D eigenvalue weighted by atomic mass is 16.7. The van der Waals surface area contributed by atoms with Crippen molar-refractivity contribution >= 4 is 23.4 Å². The van der Waals surface area contributed by atoms with Gasteiger partial charge in [0.2, 0.25) is 0 Å². The molecule has 2 aromatic heterocycles. The van der Waals surface area contributed by atoms with E-state index in [1.54, 1.807) is 16.5 Å². The fourth-order valence-corrected chi connectivity index (χ4v) is 5.09. The van der Waals surface area contributed by atoms with Crippen LogP contribution in [-0.4, -0.2) is 53.3 Å². The maximum Gasteiger partial charge on any atom is 0.416 e. The number of ether oxygens (including phenoxy) is 3. The van der Waals surface area contributed by atoms with Crippen LogP contribution in [0.1, 0.15) is 77.3 Å². The fraction of sp³-hybridized carbons (Fsp3) is 0.567. The minimum atomic E-state index is -0.649. The number of anilines is 2. The number of nitrogens with one attached hydrogen (secondary N) is 1. The molecule has 9 nitrogen and oxygen atoms in total. The van der Waals surface area contributed by atoms with Crippen LogP contribution < -0.4 is 10.2 Å². The first kappa shape index (κ1) is 28.8. The third-order valence-electron chi connectivity index (χ3n) is 7.09. The van der Waals surface area contributed by atoms with E-state index < -0.39 is 11.7 Å². The van der Waals surface area contributed by atoms with Crippen molar-refractivity contribution in [3.8, 4) is 0 Å². The third kappa shape index (κ3) is 7.28. The summed E-state index contributed by atoms with van der Waals surface area (Å²) < 4.78 is 18.5. The highest BCUT2D eigenvalue weighted by Gasteiger charge is 2.34. The number of benzene rings is 1. The van der Waals surface area contributed by atoms with Gasteiger partial charge in [-0.3, -0.25) is 4.90 Å². The van der Waals surface area contributed by atoms with Gasteiger partial charge in [-0.15, -0.1) is 0 Å². The SMILES string of the molecule is COCOCC1(CNc2cc(N(Cc3ccccc3)C(=O)OC(C)(C)C)n3ncc(C(C)C)c3n2)CCCC1. The van der Waals surface area contributed by atoms with E-state index in [4.69, 9.17) is 19.2 Å². The molecule has 39 heavy (non-hydrogen) atoms. The molecule has 0 aliphatic heterocycles. The van der Waals surface area contributed by atoms with Crippen LogP contribution in [0.3, 0.4) is 0 Å². The average Bonchev–Trinajstić information content (AvgIpc) is 3.53. The number of nitrogens with zero attached hydrogens (tertiary/aromatic N) is 4. The second kappa shape index (κ2) is 12.3. The smallest absolute Gasteiger partial charge is 0.416 e. The lowest BCUT2D eigenvalue weighted by molar-refractivity contribution is -0.0611. The molecule has 2 heterocycles. The summed E-state index contributed by atoms with van der Waals surface area (Å²) >= 11 is 0. The molecule has 1 N–H and O–H groups in total. The first-order valence-electron chi connectivity index (χ1n) is 13.8. The van der Waals surface area contributed by atoms with Gasteiger partial charge in [-0.25, -0.2) is 9.78 Å². The maximum absolute atomic E-state index is 13.6. The Hall–Kier alpha value is -3.17. The molecule has 0 spiro atoms. The summed E-state index contributed by atoms with van der Waals surface area (Å²) in [4.78, 5) is 20.2. The summed E-state index contributed by atoms with van der Waals surface area (Å²) in [6.07, 6.45) is 5.93. The number of carbonyl (C=O) groups is 1. The van der Waals surface area contributed by atoms with Gasteiger partial charge in [0.1, 0.15) is 24.0 Å². The highest BCUT2D eigenvalue weighted by molar-refractivity contribution is 5.88. The van der Waals surface area contributed by atoms with Crippen molar-refractivity contribution in [1.82, 2.24) is 14.6 Å². The average molecular weight is 538 g/mol. The van der Waals surface area contributed by atoms with E-state index in [9.17, 15) is 4.79 Å². The standard InChI is InChI=1S/C30H43N5O4/c1-22(2)24-17-32-35-26(34(28(36)39-29(3,4)5)18-23-12-8-7-9-13-23)16-25(33-27(24)35)31-19-30(14-10-11-15-30)20-38-21-37-6/h7-9,12-13,16-17,22H,10-11,14-15,18-21H2,1-6H3,(H,31,33). The van der Waals surface area contributed by atoms with Gasteiger partial charge >= 0.3 is 6.09 Å². The van der Waals surface area contributed by atoms with Crippen LogP contribution in [0.5, 0.6) is 0 Å². The quantitative estimate of drug-likeness (QED) is 0.224. The largest absolute Gasteiger partial charge is 0.443 e. The summed E-state index contributed by atoms with van der Waals surface area (Å²) in [5.74, 6) is 1.51. The normalized spacial score (nSPS) is 15.2. The van der Waals surface area contributed by atoms with Gasteiger partial charge in [-0.1, -0.05) is 57.0 Å². The molecular formula is C30H43N5O4. The lowest BCUT2D eigenvalue weighted by Crippen LogP contribution is -2.38. The lowest BCUT2D eigenvalue weighted by Gasteiger charge is -2.30. The van der Waals surface area contributed by atoms with Crippen molar-refractivity contribution in [1.29, 1.82) is 0 Å². The molecule has 1 amide bonds. The summed E-state index contributed by atoms with van der Waals surface area (Å²) in [5, 5.41) is 8.26. The van der Waals surface area contributed by atoms with E-state index in [-0.39, 0.29) is 18.1 Å². The van der Waals surface area contributed by atoms with Crippen molar-refractivity contribution in [3.63, 3.8) is 0 Å². The Balaban J connectivity index is 1.74. The molecule has 0 unspecified atom stereocenters. The van der Waals surface area contributed by atoms with Crippen LogP contribution in [0.4, 0.5) is 16.4 Å². The molecule has 1 aromatic carbocycles. The molecule has 0 radical (unpaired) electrons. The van der Waals surface area contributed by atoms with Gasteiger partial charge in [0.15, 0.2) is 5.65 Å². The zero-order valence-corrected chi connectivity index (χ0v) is 24.2. The Bertz CT molecular complexity index is 1230. The molecule has 0 bridgehead atoms. The number of amides is 1. The zero-order valence-electron chi connectivity index (χ0n) is 24.2. The Morgan fingerprint density at radius 3 is 2.54 bits per heavy atom. The van der Waals surface area contributed by atoms with E-state index in [0.717, 1.165) is 36.2 Å². The van der Waals surface area contributed by atoms with E-state index in [2.05, 4.69) is 24.3 Å². The molecule has 4 rings (SSSR count). The molecule has 0 atom stereocenters. The van der Waals surface area contributed by atoms with Crippen LogP contribution >= 0.6 is 0 Å². The van der Waals surface area contributed by atoms with Crippen LogP contribution in [0.2, 0.25) is 0 Å². The Morgan fingerprint density at radius 1 is 1.18 bits per heavy atom. The van der Waals surface area contributed by atoms with Crippen molar-refractivity contribution in [2.45, 2.75) is 78.4 Å². The van der Waals surface area contributed by atoms with Crippen molar-refractivity contribution in [2.24, 2.45) is 5.41 Å². The van der Waals surface area contributed by atoms with E-state index in [1.165, 1.54) is 12.8 Å². The summed E-state index contributed by atoms with van der Waals surface area (Å²) in [6.45, 7) is 11.8. The minimum Gasteiger partial charge on any atom is -0.443 e. The molecule has 3 aromatic rings. The topological polar surface area (TPSA) is 90.2 Å². The number of rotatable bonds is 11. The molecule has 9 heteroatoms. The van der Waals surface area contributed by atoms with Gasteiger partial charge in [-0.2, -0.15) is 9.61 Å². The van der Waals surface area contributed by atoms with Crippen molar-refractivity contribution < 1.29 is 19.0 Å². The summed E-state index contributed by atoms with van der Waals surface area (Å²) in [6, 6.07) is 11.8. The second-order valence-corrected chi connectivity index (χ2v) is 11.9. The van der Waals surface area contributed by atoms with Gasteiger partial charge in [0, 0.05) is 30.7 Å². The van der Waals surface area contributed by atoms with Crippen molar-refractivity contribution in [3.05, 3.63) is 53.7 Å². The predicted octanol–water partition coefficient (Wildman–Crippen LogP) is 6.39. The summed E-state index contributed by atoms with van der Waals surface area (Å²) in [5.41, 5.74) is 2.09. The first-order chi connectivity index (χ1) is 18.6. The number of fused-ring (bicyclic) bond motifs is 1. The number of carbonyl (C=O) groups excluding carboxylic acids is 1. The van der Waals surface area contributed by atoms with Crippen LogP contribution in [0.15, 0.2) is 42.6 Å². The van der Waals surface area contributed by atoms with Gasteiger partial charge in [0.05, 0.1) is 19.3 Å². The lowest BCUT2D eigenvalue weighted by atomic mass is 9.87. The third-order valence-corrected chi connectivity index (χ3v) is 7.09. The predicted molar refractivity (Wildman–Crippen MR) is 153 cm³/mol. The first-order valence-corrected chi connectivity index (χ1v) is 13.8. The molecule has 1 saturated carbocycles. The number of hydrogen-bond donors (Lipinski definition) is 1. The van der Waals surface area contributed by atoms with E-state index >= 15 is 0 Å². The fourth-order valence-electron chi connectivity index (χ4n) is 5.09. The Labute approximate surface area is 231 Å². The van der Waals surface area contributed by atoms with Gasteiger partial charge in [-0.05, 0) is 45.1 Å². The Morgan fingerprint density at radius 2 is 1.90 bits per heavy atom. The van der Waals surface area contributed by atoms with Crippen LogP contribution in [0.25, 0.3) is 5.65 Å². The van der Waals surface area contributed by atoms with Crippen molar-refractivity contribution in [2.75, 3.05) is 37.3 Å². The zero-order chi connectivity index (χ0) is 28.0. The van der Waals surface area contributed by atoms with E-state index in [0.29, 0.717) is 24.8 Å². The molecule has 1 aliphatic rings. The monoisotopic (exact) mass is 537 g/mol. The number of aromatic nitrogens is 3. The molecule has 1 aliphatic carbocycles. The van der Waals surface area contributed by atoms with Gasteiger partial charge in [0.25, 0.3) is 0 Å². The molecule has 1 fully saturated rings. The molecular weight excluding hydrogens is 494 g/mol. The highest BCUT2D eigenvalue weighted by Crippen LogP contribution is 2.39. The second-order valence-electron chi connectivity index (χ2n) is 11.9. The van der Waals surface area contributed by atoms with E-state index in [1.807, 2.05) is 63.4 Å². The molecule has 0 saturated heterocycles. The summed E-state index contributed by atoms with van der Waals surface area (Å²) in [7, 11) is 1.64.